The van der Waals surface area contributed by atoms with E-state index in [4.69, 9.17) is 11.6 Å². The first kappa shape index (κ1) is 28.8. The maximum atomic E-state index is 13.5. The molecule has 1 aliphatic heterocycles. The highest BCUT2D eigenvalue weighted by atomic mass is 35.5. The number of aryl methyl sites for hydroxylation is 1. The highest BCUT2D eigenvalue weighted by Gasteiger charge is 2.35. The number of benzene rings is 1. The lowest BCUT2D eigenvalue weighted by Gasteiger charge is -2.26. The summed E-state index contributed by atoms with van der Waals surface area (Å²) in [7, 11) is 3.72. The van der Waals surface area contributed by atoms with Gasteiger partial charge in [0.15, 0.2) is 0 Å². The van der Waals surface area contributed by atoms with E-state index in [9.17, 15) is 14.7 Å². The van der Waals surface area contributed by atoms with Crippen LogP contribution in [0.1, 0.15) is 40.3 Å². The van der Waals surface area contributed by atoms with Crippen LogP contribution in [-0.4, -0.2) is 73.5 Å². The zero-order chi connectivity index (χ0) is 30.0. The van der Waals surface area contributed by atoms with Crippen LogP contribution in [0, 0.1) is 6.92 Å². The van der Waals surface area contributed by atoms with Gasteiger partial charge in [-0.15, -0.1) is 0 Å². The Kier molecular flexibility index (Phi) is 8.27. The van der Waals surface area contributed by atoms with Crippen molar-refractivity contribution in [3.05, 3.63) is 82.5 Å². The number of hydrogen-bond acceptors (Lipinski definition) is 10. The molecule has 3 aromatic heterocycles. The average molecular weight is 588 g/mol. The number of aromatic nitrogens is 5. The van der Waals surface area contributed by atoms with Gasteiger partial charge in [-0.1, -0.05) is 23.7 Å². The molecule has 0 saturated heterocycles. The van der Waals surface area contributed by atoms with Crippen molar-refractivity contribution >= 4 is 41.0 Å². The molecule has 3 N–H and O–H groups in total. The Hall–Kier alpha value is -4.68. The van der Waals surface area contributed by atoms with Crippen molar-refractivity contribution in [2.75, 3.05) is 30.9 Å². The second kappa shape index (κ2) is 12.0. The first-order valence-corrected chi connectivity index (χ1v) is 13.6. The minimum Gasteiger partial charge on any atom is -0.394 e. The minimum absolute atomic E-state index is 0.268. The van der Waals surface area contributed by atoms with Crippen LogP contribution in [0.4, 0.5) is 17.6 Å². The number of anilines is 3. The SMILES string of the molecule is Cc1nccc(Nc2ncc(Cl)c(-c3ccc4c(c3)C(=O)N([C@H](C)C(=O)N[C@H](CO)c3ccnc(N(C)C)c3)C4)n2)n1. The predicted octanol–water partition coefficient (Wildman–Crippen LogP) is 3.29. The summed E-state index contributed by atoms with van der Waals surface area (Å²) in [6.07, 6.45) is 4.74. The molecule has 0 unspecified atom stereocenters. The summed E-state index contributed by atoms with van der Waals surface area (Å²) in [5, 5.41) is 16.2. The number of fused-ring (bicyclic) bond motifs is 1. The summed E-state index contributed by atoms with van der Waals surface area (Å²) < 4.78 is 0. The van der Waals surface area contributed by atoms with E-state index in [1.54, 1.807) is 50.5 Å². The van der Waals surface area contributed by atoms with Gasteiger partial charge < -0.3 is 25.5 Å². The zero-order valence-corrected chi connectivity index (χ0v) is 24.3. The van der Waals surface area contributed by atoms with Crippen molar-refractivity contribution in [1.29, 1.82) is 0 Å². The summed E-state index contributed by atoms with van der Waals surface area (Å²) in [6, 6.07) is 9.21. The zero-order valence-electron chi connectivity index (χ0n) is 23.5. The average Bonchev–Trinajstić information content (AvgIpc) is 3.31. The van der Waals surface area contributed by atoms with Crippen molar-refractivity contribution in [2.45, 2.75) is 32.5 Å². The van der Waals surface area contributed by atoms with Crippen LogP contribution in [0.15, 0.2) is 55.0 Å². The lowest BCUT2D eigenvalue weighted by molar-refractivity contribution is -0.126. The Labute approximate surface area is 247 Å². The number of nitrogens with zero attached hydrogens (tertiary/aromatic N) is 7. The molecule has 2 atom stereocenters. The second-order valence-corrected chi connectivity index (χ2v) is 10.5. The molecule has 0 spiro atoms. The van der Waals surface area contributed by atoms with Gasteiger partial charge in [0.1, 0.15) is 23.5 Å². The highest BCUT2D eigenvalue weighted by molar-refractivity contribution is 6.33. The molecule has 216 valence electrons. The summed E-state index contributed by atoms with van der Waals surface area (Å²) in [4.78, 5) is 51.5. The molecule has 2 amide bonds. The van der Waals surface area contributed by atoms with E-state index in [1.165, 1.54) is 11.1 Å². The smallest absolute Gasteiger partial charge is 0.255 e. The number of pyridine rings is 1. The largest absolute Gasteiger partial charge is 0.394 e. The number of aliphatic hydroxyl groups is 1. The summed E-state index contributed by atoms with van der Waals surface area (Å²) in [6.45, 7) is 3.41. The maximum absolute atomic E-state index is 13.5. The first-order valence-electron chi connectivity index (χ1n) is 13.2. The molecule has 1 aliphatic rings. The molecule has 0 aliphatic carbocycles. The Morgan fingerprint density at radius 3 is 2.64 bits per heavy atom. The van der Waals surface area contributed by atoms with E-state index >= 15 is 0 Å². The minimum atomic E-state index is -0.785. The molecule has 0 fully saturated rings. The van der Waals surface area contributed by atoms with Crippen molar-refractivity contribution in [3.63, 3.8) is 0 Å². The van der Waals surface area contributed by atoms with Crippen LogP contribution >= 0.6 is 11.6 Å². The number of aliphatic hydroxyl groups excluding tert-OH is 1. The topological polar surface area (TPSA) is 149 Å². The number of rotatable bonds is 9. The van der Waals surface area contributed by atoms with E-state index in [0.717, 1.165) is 5.56 Å². The van der Waals surface area contributed by atoms with Gasteiger partial charge in [0.2, 0.25) is 11.9 Å². The Bertz CT molecular complexity index is 1650. The summed E-state index contributed by atoms with van der Waals surface area (Å²) in [5.41, 5.74) is 3.03. The molecule has 0 radical (unpaired) electrons. The van der Waals surface area contributed by atoms with E-state index in [2.05, 4.69) is 35.6 Å². The number of nitrogens with one attached hydrogen (secondary N) is 2. The van der Waals surface area contributed by atoms with Crippen LogP contribution < -0.4 is 15.5 Å². The molecule has 0 saturated carbocycles. The monoisotopic (exact) mass is 587 g/mol. The number of amides is 2. The highest BCUT2D eigenvalue weighted by Crippen LogP contribution is 2.32. The van der Waals surface area contributed by atoms with Gasteiger partial charge in [-0.3, -0.25) is 9.59 Å². The van der Waals surface area contributed by atoms with Gasteiger partial charge in [-0.2, -0.15) is 0 Å². The molecule has 4 aromatic rings. The molecule has 5 rings (SSSR count). The quantitative estimate of drug-likeness (QED) is 0.266. The molecular weight excluding hydrogens is 558 g/mol. The third-order valence-electron chi connectivity index (χ3n) is 6.95. The molecule has 13 heteroatoms. The van der Waals surface area contributed by atoms with E-state index in [1.807, 2.05) is 31.1 Å². The van der Waals surface area contributed by atoms with E-state index in [0.29, 0.717) is 44.9 Å². The van der Waals surface area contributed by atoms with Crippen molar-refractivity contribution < 1.29 is 14.7 Å². The molecule has 42 heavy (non-hydrogen) atoms. The fourth-order valence-corrected chi connectivity index (χ4v) is 4.82. The van der Waals surface area contributed by atoms with Crippen LogP contribution in [-0.2, 0) is 11.3 Å². The third-order valence-corrected chi connectivity index (χ3v) is 7.23. The molecular formula is C29H30ClN9O3. The Balaban J connectivity index is 1.32. The summed E-state index contributed by atoms with van der Waals surface area (Å²) >= 11 is 6.45. The van der Waals surface area contributed by atoms with Crippen molar-refractivity contribution in [2.24, 2.45) is 0 Å². The van der Waals surface area contributed by atoms with Gasteiger partial charge in [-0.05, 0) is 49.2 Å². The fraction of sp³-hybridized carbons (Fsp3) is 0.276. The van der Waals surface area contributed by atoms with Crippen LogP contribution in [0.25, 0.3) is 11.3 Å². The van der Waals surface area contributed by atoms with E-state index in [-0.39, 0.29) is 30.9 Å². The number of carbonyl (C=O) groups is 2. The molecule has 1 aromatic carbocycles. The normalized spacial score (nSPS) is 13.9. The molecule has 12 nitrogen and oxygen atoms in total. The number of hydrogen-bond donors (Lipinski definition) is 3. The van der Waals surface area contributed by atoms with Crippen LogP contribution in [0.5, 0.6) is 0 Å². The van der Waals surface area contributed by atoms with Gasteiger partial charge in [0.25, 0.3) is 5.91 Å². The van der Waals surface area contributed by atoms with Gasteiger partial charge >= 0.3 is 0 Å². The predicted molar refractivity (Wildman–Crippen MR) is 158 cm³/mol. The lowest BCUT2D eigenvalue weighted by atomic mass is 10.0. The van der Waals surface area contributed by atoms with Gasteiger partial charge in [-0.25, -0.2) is 24.9 Å². The first-order chi connectivity index (χ1) is 20.1. The lowest BCUT2D eigenvalue weighted by Crippen LogP contribution is -2.46. The molecule has 0 bridgehead atoms. The van der Waals surface area contributed by atoms with E-state index < -0.39 is 12.1 Å². The van der Waals surface area contributed by atoms with Crippen molar-refractivity contribution in [1.82, 2.24) is 35.1 Å². The standard InChI is InChI=1S/C29H30ClN9O3/c1-16(27(41)35-23(15-40)18-7-9-32-25(12-18)38(3)4)39-14-20-6-5-19(11-21(20)28(39)42)26-22(30)13-33-29(37-26)36-24-8-10-31-17(2)34-24/h5-13,16,23,40H,14-15H2,1-4H3,(H,35,41)(H,31,33,34,36,37)/t16-,23-/m1/s1. The summed E-state index contributed by atoms with van der Waals surface area (Å²) in [5.74, 6) is 1.46. The maximum Gasteiger partial charge on any atom is 0.255 e. The Morgan fingerprint density at radius 2 is 1.90 bits per heavy atom. The number of carbonyl (C=O) groups excluding carboxylic acids is 2. The second-order valence-electron chi connectivity index (χ2n) is 10.1. The number of halogens is 1. The van der Waals surface area contributed by atoms with Crippen LogP contribution in [0.2, 0.25) is 5.02 Å². The Morgan fingerprint density at radius 1 is 1.12 bits per heavy atom. The third kappa shape index (κ3) is 5.99. The van der Waals surface area contributed by atoms with Gasteiger partial charge in [0.05, 0.1) is 29.6 Å². The van der Waals surface area contributed by atoms with Crippen molar-refractivity contribution in [3.8, 4) is 11.3 Å². The fourth-order valence-electron chi connectivity index (χ4n) is 4.62. The van der Waals surface area contributed by atoms with Crippen LogP contribution in [0.3, 0.4) is 0 Å². The molecule has 4 heterocycles. The van der Waals surface area contributed by atoms with Gasteiger partial charge in [0, 0.05) is 44.2 Å².